The van der Waals surface area contributed by atoms with Gasteiger partial charge in [-0.1, -0.05) is 0 Å². The van der Waals surface area contributed by atoms with E-state index < -0.39 is 5.97 Å². The number of carbonyl (C=O) groups is 2. The van der Waals surface area contributed by atoms with E-state index in [0.29, 0.717) is 12.6 Å². The number of ether oxygens (including phenoxy) is 1. The number of hydrogen-bond donors (Lipinski definition) is 2. The molecule has 2 N–H and O–H groups in total. The molecule has 0 aromatic heterocycles. The molecule has 0 spiro atoms. The molecule has 18 heavy (non-hydrogen) atoms. The van der Waals surface area contributed by atoms with Gasteiger partial charge < -0.3 is 15.2 Å². The van der Waals surface area contributed by atoms with Crippen molar-refractivity contribution >= 4 is 11.9 Å². The molecule has 1 heterocycles. The highest BCUT2D eigenvalue weighted by Gasteiger charge is 2.26. The molecule has 6 heteroatoms. The van der Waals surface area contributed by atoms with Crippen LogP contribution >= 0.6 is 0 Å². The number of hydrogen-bond acceptors (Lipinski definition) is 4. The maximum Gasteiger partial charge on any atom is 0.329 e. The Morgan fingerprint density at radius 3 is 2.44 bits per heavy atom. The van der Waals surface area contributed by atoms with Gasteiger partial charge in [-0.3, -0.25) is 9.69 Å². The van der Waals surface area contributed by atoms with E-state index in [1.165, 1.54) is 0 Å². The van der Waals surface area contributed by atoms with Crippen molar-refractivity contribution in [3.8, 4) is 0 Å². The van der Waals surface area contributed by atoms with Crippen molar-refractivity contribution in [3.63, 3.8) is 0 Å². The third-order valence-corrected chi connectivity index (χ3v) is 3.29. The summed E-state index contributed by atoms with van der Waals surface area (Å²) < 4.78 is 5.25. The van der Waals surface area contributed by atoms with E-state index in [1.54, 1.807) is 0 Å². The number of carboxylic acids is 1. The van der Waals surface area contributed by atoms with E-state index in [0.717, 1.165) is 38.8 Å². The maximum atomic E-state index is 11.6. The van der Waals surface area contributed by atoms with E-state index in [2.05, 4.69) is 10.2 Å². The monoisotopic (exact) mass is 256 g/mol. The molecule has 2 fully saturated rings. The average Bonchev–Trinajstić information content (AvgIpc) is 3.12. The van der Waals surface area contributed by atoms with Crippen molar-refractivity contribution in [2.45, 2.75) is 37.8 Å². The fourth-order valence-corrected chi connectivity index (χ4v) is 2.13. The second-order valence-electron chi connectivity index (χ2n) is 5.02. The lowest BCUT2D eigenvalue weighted by atomic mass is 10.1. The van der Waals surface area contributed by atoms with E-state index in [4.69, 9.17) is 9.84 Å². The lowest BCUT2D eigenvalue weighted by Crippen LogP contribution is -2.43. The Morgan fingerprint density at radius 1 is 1.22 bits per heavy atom. The summed E-state index contributed by atoms with van der Waals surface area (Å²) >= 11 is 0. The number of amides is 1. The molecule has 1 aliphatic heterocycles. The van der Waals surface area contributed by atoms with Crippen LogP contribution < -0.4 is 5.32 Å². The Labute approximate surface area is 106 Å². The lowest BCUT2D eigenvalue weighted by Gasteiger charge is -2.31. The highest BCUT2D eigenvalue weighted by atomic mass is 16.5. The summed E-state index contributed by atoms with van der Waals surface area (Å²) in [6.07, 6.45) is 3.82. The molecule has 1 amide bonds. The molecule has 0 bridgehead atoms. The summed E-state index contributed by atoms with van der Waals surface area (Å²) in [5, 5.41) is 11.5. The van der Waals surface area contributed by atoms with Crippen molar-refractivity contribution in [1.82, 2.24) is 10.2 Å². The minimum atomic E-state index is -0.929. The zero-order valence-corrected chi connectivity index (χ0v) is 10.4. The fraction of sp³-hybridized carbons (Fsp3) is 0.833. The van der Waals surface area contributed by atoms with Crippen LogP contribution in [0.2, 0.25) is 0 Å². The van der Waals surface area contributed by atoms with Gasteiger partial charge in [0.15, 0.2) is 0 Å². The summed E-state index contributed by atoms with van der Waals surface area (Å²) in [6, 6.07) is 0.411. The van der Waals surface area contributed by atoms with Gasteiger partial charge in [0.25, 0.3) is 0 Å². The van der Waals surface area contributed by atoms with Crippen molar-refractivity contribution in [3.05, 3.63) is 0 Å². The first-order valence-corrected chi connectivity index (χ1v) is 6.48. The molecule has 0 aromatic rings. The minimum absolute atomic E-state index is 0.0174. The van der Waals surface area contributed by atoms with Gasteiger partial charge in [0, 0.05) is 19.1 Å². The van der Waals surface area contributed by atoms with Crippen LogP contribution in [0.3, 0.4) is 0 Å². The molecule has 2 rings (SSSR count). The minimum Gasteiger partial charge on any atom is -0.480 e. The Balaban J connectivity index is 1.60. The number of carboxylic acid groups (broad SMARTS) is 1. The van der Waals surface area contributed by atoms with Crippen LogP contribution in [-0.2, 0) is 14.3 Å². The quantitative estimate of drug-likeness (QED) is 0.690. The molecule has 0 aromatic carbocycles. The first kappa shape index (κ1) is 13.3. The number of rotatable bonds is 6. The molecule has 6 nitrogen and oxygen atoms in total. The predicted molar refractivity (Wildman–Crippen MR) is 64.2 cm³/mol. The van der Waals surface area contributed by atoms with Crippen LogP contribution in [0.25, 0.3) is 0 Å². The zero-order valence-electron chi connectivity index (χ0n) is 10.4. The summed E-state index contributed by atoms with van der Waals surface area (Å²) in [5.74, 6) is -0.830. The van der Waals surface area contributed by atoms with E-state index in [-0.39, 0.29) is 18.6 Å². The topological polar surface area (TPSA) is 78.9 Å². The number of piperidine rings is 1. The van der Waals surface area contributed by atoms with Crippen molar-refractivity contribution < 1.29 is 19.4 Å². The fourth-order valence-electron chi connectivity index (χ4n) is 2.13. The molecule has 1 aliphatic carbocycles. The molecule has 0 radical (unpaired) electrons. The van der Waals surface area contributed by atoms with Crippen LogP contribution in [0.15, 0.2) is 0 Å². The van der Waals surface area contributed by atoms with Crippen LogP contribution in [0, 0.1) is 0 Å². The molecule has 0 unspecified atom stereocenters. The maximum absolute atomic E-state index is 11.6. The molecular formula is C12H20N2O4. The summed E-state index contributed by atoms with van der Waals surface area (Å²) in [5.41, 5.74) is 0. The first-order chi connectivity index (χ1) is 8.63. The molecular weight excluding hydrogens is 236 g/mol. The van der Waals surface area contributed by atoms with Gasteiger partial charge in [-0.25, -0.2) is 4.79 Å². The van der Waals surface area contributed by atoms with Gasteiger partial charge in [0.1, 0.15) is 6.61 Å². The van der Waals surface area contributed by atoms with Gasteiger partial charge >= 0.3 is 5.97 Å². The summed E-state index contributed by atoms with van der Waals surface area (Å²) in [4.78, 5) is 24.1. The van der Waals surface area contributed by atoms with E-state index in [1.807, 2.05) is 0 Å². The number of aliphatic carboxylic acids is 1. The summed E-state index contributed by atoms with van der Waals surface area (Å²) in [7, 11) is 0. The Kier molecular flexibility index (Phi) is 4.54. The second-order valence-corrected chi connectivity index (χ2v) is 5.02. The molecule has 102 valence electrons. The van der Waals surface area contributed by atoms with Crippen molar-refractivity contribution in [2.24, 2.45) is 0 Å². The third-order valence-electron chi connectivity index (χ3n) is 3.29. The highest BCUT2D eigenvalue weighted by Crippen LogP contribution is 2.18. The van der Waals surface area contributed by atoms with E-state index in [9.17, 15) is 9.59 Å². The first-order valence-electron chi connectivity index (χ1n) is 6.48. The van der Waals surface area contributed by atoms with Crippen LogP contribution in [0.4, 0.5) is 0 Å². The largest absolute Gasteiger partial charge is 0.480 e. The van der Waals surface area contributed by atoms with Gasteiger partial charge in [-0.05, 0) is 25.7 Å². The average molecular weight is 256 g/mol. The highest BCUT2D eigenvalue weighted by molar-refractivity contribution is 5.78. The van der Waals surface area contributed by atoms with Crippen LogP contribution in [0.1, 0.15) is 25.7 Å². The Hall–Kier alpha value is -1.14. The van der Waals surface area contributed by atoms with Crippen molar-refractivity contribution in [1.29, 1.82) is 0 Å². The predicted octanol–water partition coefficient (Wildman–Crippen LogP) is -0.169. The Morgan fingerprint density at radius 2 is 1.89 bits per heavy atom. The molecule has 2 aliphatic rings. The number of nitrogens with zero attached hydrogens (tertiary/aromatic N) is 1. The molecule has 0 atom stereocenters. The number of carbonyl (C=O) groups excluding carboxylic acids is 1. The van der Waals surface area contributed by atoms with E-state index >= 15 is 0 Å². The summed E-state index contributed by atoms with van der Waals surface area (Å²) in [6.45, 7) is 1.81. The number of likely N-dealkylation sites (tertiary alicyclic amines) is 1. The number of nitrogens with one attached hydrogen (secondary N) is 1. The second kappa shape index (κ2) is 6.15. The zero-order chi connectivity index (χ0) is 13.0. The lowest BCUT2D eigenvalue weighted by molar-refractivity contribution is -0.145. The standard InChI is InChI=1S/C12H20N2O4/c15-11(13-9-1-2-9)7-14-5-3-10(4-6-14)18-8-12(16)17/h9-10H,1-8H2,(H,13,15)(H,16,17). The van der Waals surface area contributed by atoms with Gasteiger partial charge in [0.05, 0.1) is 12.6 Å². The van der Waals surface area contributed by atoms with Gasteiger partial charge in [-0.2, -0.15) is 0 Å². The van der Waals surface area contributed by atoms with Crippen LogP contribution in [-0.4, -0.2) is 60.3 Å². The Bertz CT molecular complexity index is 309. The molecule has 1 saturated carbocycles. The third kappa shape index (κ3) is 4.62. The molecule has 1 saturated heterocycles. The van der Waals surface area contributed by atoms with Gasteiger partial charge in [0.2, 0.25) is 5.91 Å². The van der Waals surface area contributed by atoms with Crippen LogP contribution in [0.5, 0.6) is 0 Å². The smallest absolute Gasteiger partial charge is 0.329 e. The van der Waals surface area contributed by atoms with Gasteiger partial charge in [-0.15, -0.1) is 0 Å². The SMILES string of the molecule is O=C(O)COC1CCN(CC(=O)NC2CC2)CC1. The normalized spacial score (nSPS) is 21.8. The van der Waals surface area contributed by atoms with Crippen molar-refractivity contribution in [2.75, 3.05) is 26.2 Å².